The van der Waals surface area contributed by atoms with Gasteiger partial charge in [0.15, 0.2) is 0 Å². The summed E-state index contributed by atoms with van der Waals surface area (Å²) >= 11 is 0. The molecule has 18 heavy (non-hydrogen) atoms. The van der Waals surface area contributed by atoms with Crippen molar-refractivity contribution in [2.45, 2.75) is 6.54 Å². The molecular formula is C13H15FN2O2. The Morgan fingerprint density at radius 3 is 3.06 bits per heavy atom. The first-order chi connectivity index (χ1) is 8.65. The van der Waals surface area contributed by atoms with Crippen molar-refractivity contribution in [2.75, 3.05) is 20.2 Å². The number of carbonyl (C=O) groups is 1. The molecule has 1 heterocycles. The SMILES string of the molecule is CN1Cc2cc(OC/C(=C/F)CN)ccc2C1=O. The zero-order valence-electron chi connectivity index (χ0n) is 10.1. The summed E-state index contributed by atoms with van der Waals surface area (Å²) in [6, 6.07) is 5.25. The third-order valence-corrected chi connectivity index (χ3v) is 2.90. The molecule has 1 aromatic carbocycles. The van der Waals surface area contributed by atoms with E-state index < -0.39 is 0 Å². The molecule has 2 rings (SSSR count). The predicted octanol–water partition coefficient (Wildman–Crippen LogP) is 1.46. The van der Waals surface area contributed by atoms with Crippen molar-refractivity contribution >= 4 is 5.91 Å². The lowest BCUT2D eigenvalue weighted by Crippen LogP contribution is -2.17. The molecule has 0 fully saturated rings. The Morgan fingerprint density at radius 2 is 2.39 bits per heavy atom. The average molecular weight is 250 g/mol. The number of fused-ring (bicyclic) bond motifs is 1. The molecule has 0 aliphatic carbocycles. The maximum absolute atomic E-state index is 12.3. The molecule has 96 valence electrons. The summed E-state index contributed by atoms with van der Waals surface area (Å²) in [4.78, 5) is 13.3. The van der Waals surface area contributed by atoms with Gasteiger partial charge in [0.2, 0.25) is 0 Å². The third-order valence-electron chi connectivity index (χ3n) is 2.90. The monoisotopic (exact) mass is 250 g/mol. The van der Waals surface area contributed by atoms with Crippen molar-refractivity contribution in [3.8, 4) is 5.75 Å². The number of amides is 1. The zero-order chi connectivity index (χ0) is 13.1. The van der Waals surface area contributed by atoms with E-state index in [1.807, 2.05) is 6.07 Å². The smallest absolute Gasteiger partial charge is 0.254 e. The lowest BCUT2D eigenvalue weighted by Gasteiger charge is -2.08. The summed E-state index contributed by atoms with van der Waals surface area (Å²) in [5.74, 6) is 0.632. The number of benzene rings is 1. The standard InChI is InChI=1S/C13H15FN2O2/c1-16-7-10-4-11(2-3-12(10)13(16)17)18-8-9(5-14)6-15/h2-5H,6-8,15H2,1H3/b9-5+. The second kappa shape index (κ2) is 5.18. The van der Waals surface area contributed by atoms with Crippen LogP contribution in [0.1, 0.15) is 15.9 Å². The van der Waals surface area contributed by atoms with Gasteiger partial charge in [-0.2, -0.15) is 0 Å². The van der Waals surface area contributed by atoms with Crippen LogP contribution in [0.2, 0.25) is 0 Å². The first kappa shape index (κ1) is 12.6. The number of nitrogens with two attached hydrogens (primary N) is 1. The van der Waals surface area contributed by atoms with Crippen molar-refractivity contribution in [1.29, 1.82) is 0 Å². The maximum Gasteiger partial charge on any atom is 0.254 e. The molecule has 1 aliphatic heterocycles. The Labute approximate surface area is 105 Å². The Kier molecular flexibility index (Phi) is 3.62. The van der Waals surface area contributed by atoms with Crippen LogP contribution in [0.3, 0.4) is 0 Å². The molecule has 0 spiro atoms. The quantitative estimate of drug-likeness (QED) is 0.880. The highest BCUT2D eigenvalue weighted by atomic mass is 19.1. The van der Waals surface area contributed by atoms with E-state index in [0.717, 1.165) is 5.56 Å². The van der Waals surface area contributed by atoms with Crippen LogP contribution in [0.5, 0.6) is 5.75 Å². The highest BCUT2D eigenvalue weighted by Gasteiger charge is 2.24. The number of nitrogens with zero attached hydrogens (tertiary/aromatic N) is 1. The van der Waals surface area contributed by atoms with Gasteiger partial charge in [-0.15, -0.1) is 0 Å². The minimum atomic E-state index is 0.0165. The van der Waals surface area contributed by atoms with E-state index in [4.69, 9.17) is 10.5 Å². The van der Waals surface area contributed by atoms with Crippen LogP contribution >= 0.6 is 0 Å². The molecule has 4 nitrogen and oxygen atoms in total. The lowest BCUT2D eigenvalue weighted by atomic mass is 10.1. The molecule has 0 unspecified atom stereocenters. The fourth-order valence-corrected chi connectivity index (χ4v) is 1.84. The van der Waals surface area contributed by atoms with Gasteiger partial charge in [-0.1, -0.05) is 0 Å². The fourth-order valence-electron chi connectivity index (χ4n) is 1.84. The van der Waals surface area contributed by atoms with E-state index in [0.29, 0.717) is 29.8 Å². The van der Waals surface area contributed by atoms with Crippen molar-refractivity contribution in [3.63, 3.8) is 0 Å². The number of hydrogen-bond donors (Lipinski definition) is 1. The second-order valence-electron chi connectivity index (χ2n) is 4.24. The minimum Gasteiger partial charge on any atom is -0.489 e. The third kappa shape index (κ3) is 2.36. The van der Waals surface area contributed by atoms with E-state index in [9.17, 15) is 9.18 Å². The predicted molar refractivity (Wildman–Crippen MR) is 66.0 cm³/mol. The maximum atomic E-state index is 12.3. The summed E-state index contributed by atoms with van der Waals surface area (Å²) in [5.41, 5.74) is 7.35. The number of ether oxygens (including phenoxy) is 1. The largest absolute Gasteiger partial charge is 0.489 e. The van der Waals surface area contributed by atoms with E-state index in [2.05, 4.69) is 0 Å². The zero-order valence-corrected chi connectivity index (χ0v) is 10.1. The van der Waals surface area contributed by atoms with Crippen LogP contribution in [0.25, 0.3) is 0 Å². The van der Waals surface area contributed by atoms with Crippen LogP contribution in [0, 0.1) is 0 Å². The molecule has 1 amide bonds. The minimum absolute atomic E-state index is 0.0165. The first-order valence-electron chi connectivity index (χ1n) is 5.65. The van der Waals surface area contributed by atoms with E-state index in [1.54, 1.807) is 24.1 Å². The topological polar surface area (TPSA) is 55.6 Å². The summed E-state index contributed by atoms with van der Waals surface area (Å²) in [6.45, 7) is 0.826. The van der Waals surface area contributed by atoms with Gasteiger partial charge in [-0.3, -0.25) is 4.79 Å². The van der Waals surface area contributed by atoms with Crippen LogP contribution in [-0.4, -0.2) is 31.0 Å². The number of hydrogen-bond acceptors (Lipinski definition) is 3. The Morgan fingerprint density at radius 1 is 1.61 bits per heavy atom. The van der Waals surface area contributed by atoms with Gasteiger partial charge in [0.1, 0.15) is 12.4 Å². The number of halogens is 1. The second-order valence-corrected chi connectivity index (χ2v) is 4.24. The molecule has 1 aromatic rings. The highest BCUT2D eigenvalue weighted by molar-refractivity contribution is 5.98. The van der Waals surface area contributed by atoms with Crippen molar-refractivity contribution in [1.82, 2.24) is 4.90 Å². The molecular weight excluding hydrogens is 235 g/mol. The molecule has 0 saturated carbocycles. The van der Waals surface area contributed by atoms with Gasteiger partial charge in [0, 0.05) is 31.3 Å². The Balaban J connectivity index is 2.09. The highest BCUT2D eigenvalue weighted by Crippen LogP contribution is 2.25. The lowest BCUT2D eigenvalue weighted by molar-refractivity contribution is 0.0816. The van der Waals surface area contributed by atoms with Gasteiger partial charge >= 0.3 is 0 Å². The van der Waals surface area contributed by atoms with Crippen LogP contribution in [-0.2, 0) is 6.54 Å². The summed E-state index contributed by atoms with van der Waals surface area (Å²) < 4.78 is 17.7. The van der Waals surface area contributed by atoms with E-state index in [-0.39, 0.29) is 19.1 Å². The molecule has 1 aliphatic rings. The van der Waals surface area contributed by atoms with E-state index >= 15 is 0 Å². The molecule has 0 radical (unpaired) electrons. The van der Waals surface area contributed by atoms with Gasteiger partial charge in [-0.25, -0.2) is 4.39 Å². The Hall–Kier alpha value is -1.88. The van der Waals surface area contributed by atoms with Crippen LogP contribution in [0.4, 0.5) is 4.39 Å². The Bertz CT molecular complexity index is 500. The molecule has 0 bridgehead atoms. The fraction of sp³-hybridized carbons (Fsp3) is 0.308. The van der Waals surface area contributed by atoms with Crippen molar-refractivity contribution < 1.29 is 13.9 Å². The molecule has 0 aromatic heterocycles. The average Bonchev–Trinajstić information content (AvgIpc) is 2.66. The van der Waals surface area contributed by atoms with Crippen LogP contribution in [0.15, 0.2) is 30.1 Å². The van der Waals surface area contributed by atoms with Gasteiger partial charge in [0.25, 0.3) is 5.91 Å². The number of rotatable bonds is 4. The van der Waals surface area contributed by atoms with Crippen molar-refractivity contribution in [2.24, 2.45) is 5.73 Å². The molecule has 0 saturated heterocycles. The molecule has 2 N–H and O–H groups in total. The van der Waals surface area contributed by atoms with Gasteiger partial charge in [0.05, 0.1) is 6.33 Å². The number of carbonyl (C=O) groups excluding carboxylic acids is 1. The summed E-state index contributed by atoms with van der Waals surface area (Å²) in [6.07, 6.45) is 0.463. The normalized spacial score (nSPS) is 14.9. The van der Waals surface area contributed by atoms with E-state index in [1.165, 1.54) is 0 Å². The van der Waals surface area contributed by atoms with Gasteiger partial charge < -0.3 is 15.4 Å². The molecule has 5 heteroatoms. The van der Waals surface area contributed by atoms with Crippen LogP contribution < -0.4 is 10.5 Å². The van der Waals surface area contributed by atoms with Gasteiger partial charge in [-0.05, 0) is 23.8 Å². The first-order valence-corrected chi connectivity index (χ1v) is 5.65. The summed E-state index contributed by atoms with van der Waals surface area (Å²) in [7, 11) is 1.75. The summed E-state index contributed by atoms with van der Waals surface area (Å²) in [5, 5.41) is 0. The van der Waals surface area contributed by atoms with Crippen molar-refractivity contribution in [3.05, 3.63) is 41.2 Å². The molecule has 0 atom stereocenters.